The first-order valence-corrected chi connectivity index (χ1v) is 13.9. The predicted molar refractivity (Wildman–Crippen MR) is 141 cm³/mol. The van der Waals surface area contributed by atoms with Crippen LogP contribution >= 0.6 is 23.4 Å². The molecule has 5 rings (SSSR count). The van der Waals surface area contributed by atoms with Crippen molar-refractivity contribution >= 4 is 38.6 Å². The summed E-state index contributed by atoms with van der Waals surface area (Å²) in [5.74, 6) is 0.596. The summed E-state index contributed by atoms with van der Waals surface area (Å²) in [6.45, 7) is 2.47. The average molecular weight is 540 g/mol. The maximum Gasteiger partial charge on any atom is 0.286 e. The van der Waals surface area contributed by atoms with E-state index < -0.39 is 10.0 Å². The minimum Gasteiger partial charge on any atom is -0.280 e. The van der Waals surface area contributed by atoms with Gasteiger partial charge in [-0.05, 0) is 45.7 Å². The highest BCUT2D eigenvalue weighted by atomic mass is 35.5. The lowest BCUT2D eigenvalue weighted by atomic mass is 9.98. The number of tetrazole rings is 1. The number of nitrogens with one attached hydrogen (secondary N) is 2. The highest BCUT2D eigenvalue weighted by molar-refractivity contribution is 8.15. The number of hydrogen-bond donors (Lipinski definition) is 2. The topological polar surface area (TPSA) is 116 Å². The second-order valence-corrected chi connectivity index (χ2v) is 11.2. The number of aromatic amines is 1. The van der Waals surface area contributed by atoms with E-state index in [1.807, 2.05) is 55.5 Å². The van der Waals surface area contributed by atoms with Crippen molar-refractivity contribution in [2.24, 2.45) is 4.40 Å². The van der Waals surface area contributed by atoms with Crippen LogP contribution in [0.2, 0.25) is 5.02 Å². The number of hydrogen-bond acceptors (Lipinski definition) is 7. The Hall–Kier alpha value is -3.25. The molecule has 2 N–H and O–H groups in total. The number of halogens is 1. The van der Waals surface area contributed by atoms with Gasteiger partial charge in [0.2, 0.25) is 0 Å². The van der Waals surface area contributed by atoms with Gasteiger partial charge in [0.1, 0.15) is 4.90 Å². The molecule has 1 fully saturated rings. The summed E-state index contributed by atoms with van der Waals surface area (Å²) >= 11 is 7.51. The van der Waals surface area contributed by atoms with E-state index in [-0.39, 0.29) is 15.3 Å². The van der Waals surface area contributed by atoms with Gasteiger partial charge in [-0.25, -0.2) is 10.5 Å². The summed E-state index contributed by atoms with van der Waals surface area (Å²) in [6.07, 6.45) is 0.804. The predicted octanol–water partition coefficient (Wildman–Crippen LogP) is 4.72. The van der Waals surface area contributed by atoms with E-state index in [9.17, 15) is 8.42 Å². The normalized spacial score (nSPS) is 17.1. The molecule has 184 valence electrons. The van der Waals surface area contributed by atoms with Crippen molar-refractivity contribution in [1.82, 2.24) is 31.1 Å². The van der Waals surface area contributed by atoms with Crippen molar-refractivity contribution in [3.63, 3.8) is 0 Å². The summed E-state index contributed by atoms with van der Waals surface area (Å²) in [4.78, 5) is -0.00959. The Kier molecular flexibility index (Phi) is 7.06. The smallest absolute Gasteiger partial charge is 0.280 e. The summed E-state index contributed by atoms with van der Waals surface area (Å²) < 4.78 is 30.1. The second-order valence-electron chi connectivity index (χ2n) is 8.00. The Bertz CT molecular complexity index is 1490. The van der Waals surface area contributed by atoms with Crippen LogP contribution in [0.3, 0.4) is 0 Å². The van der Waals surface area contributed by atoms with Gasteiger partial charge in [0.15, 0.2) is 11.0 Å². The highest BCUT2D eigenvalue weighted by Gasteiger charge is 2.30. The van der Waals surface area contributed by atoms with Gasteiger partial charge in [0, 0.05) is 5.56 Å². The number of sulfonamides is 1. The van der Waals surface area contributed by atoms with Gasteiger partial charge in [0.05, 0.1) is 16.9 Å². The highest BCUT2D eigenvalue weighted by Crippen LogP contribution is 2.32. The first-order valence-electron chi connectivity index (χ1n) is 11.2. The number of rotatable bonds is 7. The number of aromatic nitrogens is 4. The molecule has 4 aromatic rings. The first-order chi connectivity index (χ1) is 17.4. The third-order valence-electron chi connectivity index (χ3n) is 5.60. The molecule has 0 radical (unpaired) electrons. The zero-order valence-electron chi connectivity index (χ0n) is 19.2. The number of thioether (sulfide) groups is 1. The van der Waals surface area contributed by atoms with E-state index in [2.05, 4.69) is 30.4 Å². The molecule has 36 heavy (non-hydrogen) atoms. The van der Waals surface area contributed by atoms with E-state index in [4.69, 9.17) is 11.6 Å². The summed E-state index contributed by atoms with van der Waals surface area (Å²) in [7, 11) is -3.97. The third-order valence-corrected chi connectivity index (χ3v) is 8.72. The van der Waals surface area contributed by atoms with E-state index in [0.717, 1.165) is 28.7 Å². The number of hydrazine groups is 1. The average Bonchev–Trinajstić information content (AvgIpc) is 3.55. The Morgan fingerprint density at radius 3 is 2.44 bits per heavy atom. The molecule has 1 aliphatic heterocycles. The van der Waals surface area contributed by atoms with Crippen molar-refractivity contribution < 1.29 is 8.42 Å². The molecule has 1 saturated heterocycles. The van der Waals surface area contributed by atoms with Gasteiger partial charge in [-0.2, -0.15) is 8.42 Å². The van der Waals surface area contributed by atoms with Crippen LogP contribution in [0.4, 0.5) is 0 Å². The molecule has 1 aromatic heterocycles. The molecular weight excluding hydrogens is 518 g/mol. The largest absolute Gasteiger partial charge is 0.286 e. The standard InChI is InChI=1S/C24H22ClN7O2S2/c1-2-22-28-32(24(35-22)29-36(33,34)21-10-6-5-9-20(21)25)15-16-11-13-17(14-12-16)18-7-3-4-8-19(18)23-26-30-31-27-23/h3-14,22,28H,2,15H2,1H3,(H,26,27,30,31). The molecule has 2 heterocycles. The minimum absolute atomic E-state index is 0.00959. The Morgan fingerprint density at radius 2 is 1.75 bits per heavy atom. The van der Waals surface area contributed by atoms with Crippen LogP contribution in [0.5, 0.6) is 0 Å². The maximum atomic E-state index is 13.0. The van der Waals surface area contributed by atoms with E-state index in [0.29, 0.717) is 17.5 Å². The molecule has 1 atom stereocenters. The zero-order valence-corrected chi connectivity index (χ0v) is 21.6. The number of benzene rings is 3. The molecule has 9 nitrogen and oxygen atoms in total. The van der Waals surface area contributed by atoms with Crippen LogP contribution in [-0.4, -0.2) is 44.6 Å². The second kappa shape index (κ2) is 10.4. The first kappa shape index (κ1) is 24.4. The quantitative estimate of drug-likeness (QED) is 0.346. The molecule has 1 aliphatic rings. The Morgan fingerprint density at radius 1 is 1.03 bits per heavy atom. The van der Waals surface area contributed by atoms with Crippen LogP contribution in [0.15, 0.2) is 82.1 Å². The lowest BCUT2D eigenvalue weighted by Gasteiger charge is -2.19. The lowest BCUT2D eigenvalue weighted by molar-refractivity contribution is 0.306. The maximum absolute atomic E-state index is 13.0. The zero-order chi connectivity index (χ0) is 25.1. The molecule has 0 amide bonds. The van der Waals surface area contributed by atoms with Crippen molar-refractivity contribution in [3.05, 3.63) is 83.4 Å². The molecule has 0 aliphatic carbocycles. The van der Waals surface area contributed by atoms with Crippen LogP contribution < -0.4 is 5.43 Å². The third kappa shape index (κ3) is 5.14. The molecule has 1 unspecified atom stereocenters. The molecule has 0 spiro atoms. The molecule has 0 bridgehead atoms. The summed E-state index contributed by atoms with van der Waals surface area (Å²) in [6, 6.07) is 22.3. The van der Waals surface area contributed by atoms with E-state index in [1.54, 1.807) is 23.2 Å². The van der Waals surface area contributed by atoms with Gasteiger partial charge in [0.25, 0.3) is 10.0 Å². The molecular formula is C24H22ClN7O2S2. The van der Waals surface area contributed by atoms with Crippen LogP contribution in [0, 0.1) is 0 Å². The monoisotopic (exact) mass is 539 g/mol. The van der Waals surface area contributed by atoms with Crippen molar-refractivity contribution in [1.29, 1.82) is 0 Å². The van der Waals surface area contributed by atoms with Gasteiger partial charge in [-0.15, -0.1) is 9.50 Å². The van der Waals surface area contributed by atoms with Gasteiger partial charge in [-0.3, -0.25) is 5.01 Å². The Balaban J connectivity index is 1.40. The van der Waals surface area contributed by atoms with Crippen LogP contribution in [0.25, 0.3) is 22.5 Å². The Labute approximate surface area is 218 Å². The lowest BCUT2D eigenvalue weighted by Crippen LogP contribution is -2.37. The SMILES string of the molecule is CCC1NN(Cc2ccc(-c3ccccc3-c3nnn[nH]3)cc2)C(=NS(=O)(=O)c2ccccc2Cl)S1. The van der Waals surface area contributed by atoms with Gasteiger partial charge < -0.3 is 0 Å². The number of H-pyrrole nitrogens is 1. The minimum atomic E-state index is -3.97. The fourth-order valence-corrected chi connectivity index (χ4v) is 6.51. The molecule has 0 saturated carbocycles. The van der Waals surface area contributed by atoms with E-state index in [1.165, 1.54) is 17.8 Å². The van der Waals surface area contributed by atoms with Crippen molar-refractivity contribution in [2.75, 3.05) is 0 Å². The van der Waals surface area contributed by atoms with Gasteiger partial charge in [-0.1, -0.05) is 91.0 Å². The fourth-order valence-electron chi connectivity index (χ4n) is 3.80. The molecule has 12 heteroatoms. The number of nitrogens with zero attached hydrogens (tertiary/aromatic N) is 5. The van der Waals surface area contributed by atoms with Crippen LogP contribution in [-0.2, 0) is 16.6 Å². The van der Waals surface area contributed by atoms with Crippen molar-refractivity contribution in [3.8, 4) is 22.5 Å². The van der Waals surface area contributed by atoms with Crippen LogP contribution in [0.1, 0.15) is 18.9 Å². The van der Waals surface area contributed by atoms with E-state index >= 15 is 0 Å². The number of amidine groups is 1. The fraction of sp³-hybridized carbons (Fsp3) is 0.167. The van der Waals surface area contributed by atoms with Gasteiger partial charge >= 0.3 is 0 Å². The summed E-state index contributed by atoms with van der Waals surface area (Å²) in [5.41, 5.74) is 7.24. The summed E-state index contributed by atoms with van der Waals surface area (Å²) in [5, 5.41) is 16.5. The molecule has 3 aromatic carbocycles. The van der Waals surface area contributed by atoms with Crippen molar-refractivity contribution in [2.45, 2.75) is 30.2 Å².